The molecule has 4 nitrogen and oxygen atoms in total. The highest BCUT2D eigenvalue weighted by molar-refractivity contribution is 7.99. The van der Waals surface area contributed by atoms with Crippen LogP contribution in [-0.4, -0.2) is 55.2 Å². The fourth-order valence-corrected chi connectivity index (χ4v) is 4.36. The van der Waals surface area contributed by atoms with Crippen molar-refractivity contribution in [3.05, 3.63) is 29.8 Å². The molecule has 21 heavy (non-hydrogen) atoms. The van der Waals surface area contributed by atoms with Gasteiger partial charge in [0.25, 0.3) is 0 Å². The summed E-state index contributed by atoms with van der Waals surface area (Å²) in [5.74, 6) is 2.40. The molecule has 0 aromatic heterocycles. The van der Waals surface area contributed by atoms with Gasteiger partial charge < -0.3 is 15.0 Å². The number of carbonyl (C=O) groups excluding carboxylic acids is 1. The van der Waals surface area contributed by atoms with Crippen LogP contribution in [0.2, 0.25) is 0 Å². The number of hydrogen-bond donors (Lipinski definition) is 1. The number of hydrogen-bond acceptors (Lipinski definition) is 4. The second-order valence-corrected chi connectivity index (χ2v) is 6.71. The Morgan fingerprint density at radius 2 is 2.33 bits per heavy atom. The van der Waals surface area contributed by atoms with Crippen molar-refractivity contribution in [2.24, 2.45) is 0 Å². The van der Waals surface area contributed by atoms with Crippen LogP contribution in [0.15, 0.2) is 24.3 Å². The van der Waals surface area contributed by atoms with Crippen molar-refractivity contribution in [2.75, 3.05) is 43.6 Å². The van der Waals surface area contributed by atoms with E-state index in [0.29, 0.717) is 25.7 Å². The van der Waals surface area contributed by atoms with Crippen molar-refractivity contribution < 1.29 is 9.53 Å². The summed E-state index contributed by atoms with van der Waals surface area (Å²) in [6.45, 7) is 2.01. The van der Waals surface area contributed by atoms with E-state index in [1.807, 2.05) is 30.0 Å². The first-order valence-corrected chi connectivity index (χ1v) is 8.66. The molecule has 0 spiro atoms. The minimum Gasteiger partial charge on any atom is -0.384 e. The third kappa shape index (κ3) is 3.04. The average Bonchev–Trinajstić information content (AvgIpc) is 3.17. The molecule has 2 aliphatic heterocycles. The van der Waals surface area contributed by atoms with Gasteiger partial charge in [0, 0.05) is 37.7 Å². The summed E-state index contributed by atoms with van der Waals surface area (Å²) in [5, 5.41) is 3.35. The van der Waals surface area contributed by atoms with Crippen molar-refractivity contribution >= 4 is 23.4 Å². The summed E-state index contributed by atoms with van der Waals surface area (Å²) < 4.78 is 5.20. The Hall–Kier alpha value is -1.20. The van der Waals surface area contributed by atoms with Gasteiger partial charge in [0.15, 0.2) is 0 Å². The van der Waals surface area contributed by atoms with Gasteiger partial charge in [0.1, 0.15) is 0 Å². The Kier molecular flexibility index (Phi) is 4.70. The summed E-state index contributed by atoms with van der Waals surface area (Å²) >= 11 is 1.94. The fourth-order valence-electron chi connectivity index (χ4n) is 3.13. The Morgan fingerprint density at radius 3 is 3.10 bits per heavy atom. The molecule has 114 valence electrons. The Bertz CT molecular complexity index is 503. The van der Waals surface area contributed by atoms with Gasteiger partial charge in [-0.15, -0.1) is 0 Å². The van der Waals surface area contributed by atoms with Crippen LogP contribution in [0.25, 0.3) is 0 Å². The largest absolute Gasteiger partial charge is 0.384 e. The first kappa shape index (κ1) is 14.7. The number of benzene rings is 1. The van der Waals surface area contributed by atoms with Gasteiger partial charge in [-0.2, -0.15) is 11.8 Å². The van der Waals surface area contributed by atoms with Crippen LogP contribution in [0.5, 0.6) is 0 Å². The SMILES string of the molecule is COCCN(C(=O)C1CNc2ccccc21)C1CCSC1. The third-order valence-corrected chi connectivity index (χ3v) is 5.44. The van der Waals surface area contributed by atoms with E-state index >= 15 is 0 Å². The quantitative estimate of drug-likeness (QED) is 0.905. The molecule has 1 aromatic rings. The van der Waals surface area contributed by atoms with Crippen molar-refractivity contribution in [1.29, 1.82) is 0 Å². The number of nitrogens with zero attached hydrogens (tertiary/aromatic N) is 1. The average molecular weight is 306 g/mol. The van der Waals surface area contributed by atoms with E-state index in [0.717, 1.165) is 29.2 Å². The molecule has 1 saturated heterocycles. The number of carbonyl (C=O) groups is 1. The minimum absolute atomic E-state index is 0.0522. The van der Waals surface area contributed by atoms with Crippen LogP contribution in [0.3, 0.4) is 0 Å². The summed E-state index contributed by atoms with van der Waals surface area (Å²) in [6, 6.07) is 8.50. The van der Waals surface area contributed by atoms with Crippen LogP contribution in [0, 0.1) is 0 Å². The van der Waals surface area contributed by atoms with E-state index in [9.17, 15) is 4.79 Å². The molecule has 1 aromatic carbocycles. The molecule has 2 heterocycles. The van der Waals surface area contributed by atoms with Crippen molar-refractivity contribution in [1.82, 2.24) is 4.90 Å². The minimum atomic E-state index is -0.0522. The lowest BCUT2D eigenvalue weighted by Crippen LogP contribution is -2.45. The zero-order valence-electron chi connectivity index (χ0n) is 12.4. The normalized spacial score (nSPS) is 23.7. The number of thioether (sulfide) groups is 1. The Morgan fingerprint density at radius 1 is 1.48 bits per heavy atom. The van der Waals surface area contributed by atoms with E-state index in [1.54, 1.807) is 7.11 Å². The number of rotatable bonds is 5. The topological polar surface area (TPSA) is 41.6 Å². The number of fused-ring (bicyclic) bond motifs is 1. The Balaban J connectivity index is 1.77. The lowest BCUT2D eigenvalue weighted by Gasteiger charge is -2.30. The molecule has 3 rings (SSSR count). The molecular formula is C16H22N2O2S. The molecule has 1 amide bonds. The fraction of sp³-hybridized carbons (Fsp3) is 0.562. The lowest BCUT2D eigenvalue weighted by molar-refractivity contribution is -0.135. The highest BCUT2D eigenvalue weighted by Gasteiger charge is 2.35. The number of anilines is 1. The zero-order valence-corrected chi connectivity index (χ0v) is 13.2. The number of amides is 1. The summed E-state index contributed by atoms with van der Waals surface area (Å²) in [7, 11) is 1.69. The predicted octanol–water partition coefficient (Wildman–Crippen LogP) is 2.18. The molecule has 0 saturated carbocycles. The number of nitrogens with one attached hydrogen (secondary N) is 1. The van der Waals surface area contributed by atoms with E-state index in [1.165, 1.54) is 0 Å². The number of para-hydroxylation sites is 1. The van der Waals surface area contributed by atoms with Gasteiger partial charge in [0.05, 0.1) is 12.5 Å². The van der Waals surface area contributed by atoms with Gasteiger partial charge in [0.2, 0.25) is 5.91 Å². The van der Waals surface area contributed by atoms with Gasteiger partial charge in [-0.05, 0) is 23.8 Å². The summed E-state index contributed by atoms with van der Waals surface area (Å²) in [6.07, 6.45) is 1.10. The van der Waals surface area contributed by atoms with Crippen LogP contribution >= 0.6 is 11.8 Å². The molecule has 2 aliphatic rings. The van der Waals surface area contributed by atoms with Crippen LogP contribution < -0.4 is 5.32 Å². The van der Waals surface area contributed by atoms with Crippen molar-refractivity contribution in [2.45, 2.75) is 18.4 Å². The van der Waals surface area contributed by atoms with E-state index < -0.39 is 0 Å². The van der Waals surface area contributed by atoms with E-state index in [-0.39, 0.29) is 11.8 Å². The van der Waals surface area contributed by atoms with Crippen LogP contribution in [0.4, 0.5) is 5.69 Å². The van der Waals surface area contributed by atoms with Crippen molar-refractivity contribution in [3.63, 3.8) is 0 Å². The van der Waals surface area contributed by atoms with Crippen molar-refractivity contribution in [3.8, 4) is 0 Å². The highest BCUT2D eigenvalue weighted by atomic mass is 32.2. The molecule has 1 N–H and O–H groups in total. The molecular weight excluding hydrogens is 284 g/mol. The molecule has 0 aliphatic carbocycles. The lowest BCUT2D eigenvalue weighted by atomic mass is 9.99. The molecule has 0 radical (unpaired) electrons. The van der Waals surface area contributed by atoms with Gasteiger partial charge in [-0.1, -0.05) is 18.2 Å². The monoisotopic (exact) mass is 306 g/mol. The zero-order chi connectivity index (χ0) is 14.7. The molecule has 2 unspecified atom stereocenters. The second-order valence-electron chi connectivity index (χ2n) is 5.56. The molecule has 1 fully saturated rings. The second kappa shape index (κ2) is 6.71. The van der Waals surface area contributed by atoms with Gasteiger partial charge >= 0.3 is 0 Å². The first-order valence-electron chi connectivity index (χ1n) is 7.51. The molecule has 0 bridgehead atoms. The van der Waals surface area contributed by atoms with E-state index in [4.69, 9.17) is 4.74 Å². The smallest absolute Gasteiger partial charge is 0.232 e. The standard InChI is InChI=1S/C16H22N2O2S/c1-20-8-7-18(12-6-9-21-11-12)16(19)14-10-17-15-5-3-2-4-13(14)15/h2-5,12,14,17H,6-11H2,1H3. The third-order valence-electron chi connectivity index (χ3n) is 4.30. The van der Waals surface area contributed by atoms with E-state index in [2.05, 4.69) is 16.3 Å². The van der Waals surface area contributed by atoms with Gasteiger partial charge in [-0.25, -0.2) is 0 Å². The highest BCUT2D eigenvalue weighted by Crippen LogP contribution is 2.34. The number of ether oxygens (including phenoxy) is 1. The summed E-state index contributed by atoms with van der Waals surface area (Å²) in [5.41, 5.74) is 2.24. The number of methoxy groups -OCH3 is 1. The molecule has 5 heteroatoms. The maximum absolute atomic E-state index is 13.0. The van der Waals surface area contributed by atoms with Crippen LogP contribution in [-0.2, 0) is 9.53 Å². The maximum Gasteiger partial charge on any atom is 0.232 e. The van der Waals surface area contributed by atoms with Gasteiger partial charge in [-0.3, -0.25) is 4.79 Å². The molecule has 2 atom stereocenters. The summed E-state index contributed by atoms with van der Waals surface area (Å²) in [4.78, 5) is 15.1. The maximum atomic E-state index is 13.0. The Labute approximate surface area is 130 Å². The first-order chi connectivity index (χ1) is 10.3. The van der Waals surface area contributed by atoms with Crippen LogP contribution in [0.1, 0.15) is 17.9 Å². The predicted molar refractivity (Wildman–Crippen MR) is 87.0 cm³/mol.